The maximum absolute atomic E-state index is 12.2. The van der Waals surface area contributed by atoms with Crippen LogP contribution in [0, 0.1) is 0 Å². The molecule has 0 atom stereocenters. The van der Waals surface area contributed by atoms with Gasteiger partial charge in [-0.25, -0.2) is 0 Å². The molecule has 0 aliphatic carbocycles. The third-order valence-electron chi connectivity index (χ3n) is 3.41. The van der Waals surface area contributed by atoms with Crippen molar-refractivity contribution in [2.75, 3.05) is 5.88 Å². The first-order valence-electron chi connectivity index (χ1n) is 6.96. The Bertz CT molecular complexity index is 685. The molecule has 3 nitrogen and oxygen atoms in total. The number of hydrogen-bond donors (Lipinski definition) is 0. The number of carbonyl (C=O) groups excluding carboxylic acids is 2. The molecule has 0 saturated carbocycles. The van der Waals surface area contributed by atoms with Gasteiger partial charge in [0.25, 0.3) is 0 Å². The largest absolute Gasteiger partial charge is 0.350 e. The predicted octanol–water partition coefficient (Wildman–Crippen LogP) is 3.90. The molecular formula is C17H18ClNO2. The molecule has 0 aliphatic heterocycles. The Balaban J connectivity index is 2.01. The molecule has 0 radical (unpaired) electrons. The lowest BCUT2D eigenvalue weighted by molar-refractivity contribution is -0.116. The molecule has 0 unspecified atom stereocenters. The Morgan fingerprint density at radius 3 is 2.81 bits per heavy atom. The van der Waals surface area contributed by atoms with Crippen LogP contribution in [0.3, 0.4) is 0 Å². The lowest BCUT2D eigenvalue weighted by atomic mass is 10.1. The van der Waals surface area contributed by atoms with Gasteiger partial charge in [0, 0.05) is 36.1 Å². The van der Waals surface area contributed by atoms with E-state index in [-0.39, 0.29) is 17.4 Å². The zero-order chi connectivity index (χ0) is 15.2. The molecule has 0 amide bonds. The summed E-state index contributed by atoms with van der Waals surface area (Å²) in [4.78, 5) is 23.3. The van der Waals surface area contributed by atoms with Crippen LogP contribution in [0.25, 0.3) is 10.9 Å². The van der Waals surface area contributed by atoms with Gasteiger partial charge >= 0.3 is 0 Å². The van der Waals surface area contributed by atoms with E-state index < -0.39 is 0 Å². The fourth-order valence-electron chi connectivity index (χ4n) is 2.30. The maximum atomic E-state index is 12.2. The standard InChI is InChI=1S/C17H18ClNO2/c1-19-12-15(14-8-5-6-9-16(14)19)17(21)10-4-2-3-7-13(20)11-18/h4-6,8-10,12H,2-3,7,11H2,1H3/b10-4+. The van der Waals surface area contributed by atoms with Gasteiger partial charge in [0.05, 0.1) is 5.88 Å². The molecule has 0 N–H and O–H groups in total. The van der Waals surface area contributed by atoms with Crippen molar-refractivity contribution in [2.45, 2.75) is 19.3 Å². The van der Waals surface area contributed by atoms with E-state index in [4.69, 9.17) is 11.6 Å². The van der Waals surface area contributed by atoms with Gasteiger partial charge in [0.2, 0.25) is 0 Å². The van der Waals surface area contributed by atoms with Crippen LogP contribution in [0.5, 0.6) is 0 Å². The number of ketones is 2. The summed E-state index contributed by atoms with van der Waals surface area (Å²) in [5, 5.41) is 0.965. The minimum Gasteiger partial charge on any atom is -0.350 e. The SMILES string of the molecule is Cn1cc(C(=O)/C=C/CCCC(=O)CCl)c2ccccc21. The van der Waals surface area contributed by atoms with Gasteiger partial charge < -0.3 is 4.57 Å². The fourth-order valence-corrected chi connectivity index (χ4v) is 2.44. The van der Waals surface area contributed by atoms with Crippen LogP contribution < -0.4 is 0 Å². The van der Waals surface area contributed by atoms with E-state index in [2.05, 4.69) is 0 Å². The quantitative estimate of drug-likeness (QED) is 0.337. The number of unbranched alkanes of at least 4 members (excludes halogenated alkanes) is 1. The number of benzene rings is 1. The Kier molecular flexibility index (Phi) is 5.34. The van der Waals surface area contributed by atoms with Crippen molar-refractivity contribution >= 4 is 34.1 Å². The van der Waals surface area contributed by atoms with Gasteiger partial charge in [0.1, 0.15) is 5.78 Å². The van der Waals surface area contributed by atoms with Crippen molar-refractivity contribution in [1.29, 1.82) is 0 Å². The number of allylic oxidation sites excluding steroid dienone is 2. The van der Waals surface area contributed by atoms with E-state index in [0.717, 1.165) is 17.3 Å². The van der Waals surface area contributed by atoms with E-state index in [1.165, 1.54) is 0 Å². The second-order valence-corrected chi connectivity index (χ2v) is 5.27. The fraction of sp³-hybridized carbons (Fsp3) is 0.294. The van der Waals surface area contributed by atoms with Crippen LogP contribution in [0.2, 0.25) is 0 Å². The molecule has 2 aromatic rings. The number of fused-ring (bicyclic) bond motifs is 1. The van der Waals surface area contributed by atoms with Gasteiger partial charge in [-0.1, -0.05) is 24.3 Å². The number of halogens is 1. The van der Waals surface area contributed by atoms with E-state index in [1.807, 2.05) is 48.2 Å². The Labute approximate surface area is 129 Å². The number of nitrogens with zero attached hydrogens (tertiary/aromatic N) is 1. The number of para-hydroxylation sites is 1. The average Bonchev–Trinajstić information content (AvgIpc) is 2.84. The van der Waals surface area contributed by atoms with E-state index in [1.54, 1.807) is 6.08 Å². The third-order valence-corrected chi connectivity index (χ3v) is 3.71. The van der Waals surface area contributed by atoms with Gasteiger partial charge in [-0.15, -0.1) is 11.6 Å². The molecule has 4 heteroatoms. The Hall–Kier alpha value is -1.87. The first-order valence-corrected chi connectivity index (χ1v) is 7.49. The van der Waals surface area contributed by atoms with E-state index >= 15 is 0 Å². The summed E-state index contributed by atoms with van der Waals surface area (Å²) in [6.07, 6.45) is 7.17. The molecule has 0 saturated heterocycles. The van der Waals surface area contributed by atoms with Crippen LogP contribution in [0.1, 0.15) is 29.6 Å². The van der Waals surface area contributed by atoms with E-state index in [9.17, 15) is 9.59 Å². The number of alkyl halides is 1. The van der Waals surface area contributed by atoms with Crippen LogP contribution in [-0.4, -0.2) is 22.0 Å². The van der Waals surface area contributed by atoms with Crippen LogP contribution in [0.15, 0.2) is 42.6 Å². The minimum atomic E-state index is -0.00419. The van der Waals surface area contributed by atoms with Crippen molar-refractivity contribution in [3.63, 3.8) is 0 Å². The molecule has 0 aliphatic rings. The first-order chi connectivity index (χ1) is 10.1. The summed E-state index contributed by atoms with van der Waals surface area (Å²) in [5.74, 6) is 0.111. The van der Waals surface area contributed by atoms with E-state index in [0.29, 0.717) is 18.4 Å². The molecule has 0 fully saturated rings. The predicted molar refractivity (Wildman–Crippen MR) is 86.0 cm³/mol. The summed E-state index contributed by atoms with van der Waals surface area (Å²) >= 11 is 5.43. The monoisotopic (exact) mass is 303 g/mol. The highest BCUT2D eigenvalue weighted by Crippen LogP contribution is 2.21. The molecule has 110 valence electrons. The number of Topliss-reactive ketones (excluding diaryl/α,β-unsaturated/α-hetero) is 1. The molecule has 2 rings (SSSR count). The van der Waals surface area contributed by atoms with Gasteiger partial charge in [-0.3, -0.25) is 9.59 Å². The van der Waals surface area contributed by atoms with Crippen LogP contribution >= 0.6 is 11.6 Å². The Morgan fingerprint density at radius 1 is 1.29 bits per heavy atom. The zero-order valence-electron chi connectivity index (χ0n) is 12.0. The zero-order valence-corrected chi connectivity index (χ0v) is 12.8. The molecular weight excluding hydrogens is 286 g/mol. The number of aryl methyl sites for hydroxylation is 1. The number of hydrogen-bond acceptors (Lipinski definition) is 2. The second-order valence-electron chi connectivity index (χ2n) is 5.00. The van der Waals surface area contributed by atoms with Gasteiger partial charge in [-0.2, -0.15) is 0 Å². The number of carbonyl (C=O) groups is 2. The minimum absolute atomic E-state index is 0.00419. The highest BCUT2D eigenvalue weighted by atomic mass is 35.5. The molecule has 1 heterocycles. The highest BCUT2D eigenvalue weighted by Gasteiger charge is 2.10. The average molecular weight is 304 g/mol. The molecule has 1 aromatic heterocycles. The topological polar surface area (TPSA) is 39.1 Å². The number of rotatable bonds is 7. The molecule has 21 heavy (non-hydrogen) atoms. The first kappa shape index (κ1) is 15.5. The molecule has 0 spiro atoms. The summed E-state index contributed by atoms with van der Waals surface area (Å²) in [5.41, 5.74) is 1.75. The summed E-state index contributed by atoms with van der Waals surface area (Å²) in [6.45, 7) is 0. The smallest absolute Gasteiger partial charge is 0.187 e. The maximum Gasteiger partial charge on any atom is 0.187 e. The molecule has 0 bridgehead atoms. The van der Waals surface area contributed by atoms with Crippen molar-refractivity contribution in [1.82, 2.24) is 4.57 Å². The van der Waals surface area contributed by atoms with Crippen LogP contribution in [-0.2, 0) is 11.8 Å². The summed E-state index contributed by atoms with van der Waals surface area (Å²) < 4.78 is 1.95. The lowest BCUT2D eigenvalue weighted by Crippen LogP contribution is -1.97. The van der Waals surface area contributed by atoms with Crippen molar-refractivity contribution in [2.24, 2.45) is 7.05 Å². The Morgan fingerprint density at radius 2 is 2.05 bits per heavy atom. The normalized spacial score (nSPS) is 11.3. The van der Waals surface area contributed by atoms with Crippen molar-refractivity contribution < 1.29 is 9.59 Å². The van der Waals surface area contributed by atoms with Gasteiger partial charge in [0.15, 0.2) is 5.78 Å². The lowest BCUT2D eigenvalue weighted by Gasteiger charge is -1.95. The number of aromatic nitrogens is 1. The summed E-state index contributed by atoms with van der Waals surface area (Å²) in [7, 11) is 1.93. The highest BCUT2D eigenvalue weighted by molar-refractivity contribution is 6.27. The van der Waals surface area contributed by atoms with Crippen LogP contribution in [0.4, 0.5) is 0 Å². The molecule has 1 aromatic carbocycles. The van der Waals surface area contributed by atoms with Crippen molar-refractivity contribution in [3.8, 4) is 0 Å². The van der Waals surface area contributed by atoms with Crippen molar-refractivity contribution in [3.05, 3.63) is 48.2 Å². The second kappa shape index (κ2) is 7.23. The summed E-state index contributed by atoms with van der Waals surface area (Å²) in [6, 6.07) is 7.84. The third kappa shape index (κ3) is 3.82. The van der Waals surface area contributed by atoms with Gasteiger partial charge in [-0.05, 0) is 25.0 Å².